The fraction of sp³-hybridized carbons (Fsp3) is 0.250. The predicted octanol–water partition coefficient (Wildman–Crippen LogP) is 3.50. The van der Waals surface area contributed by atoms with E-state index in [-0.39, 0.29) is 0 Å². The zero-order chi connectivity index (χ0) is 10.0. The van der Waals surface area contributed by atoms with Crippen LogP contribution in [0.4, 0.5) is 13.2 Å². The maximum absolute atomic E-state index is 12.9. The number of ether oxygens (including phenoxy) is 1. The molecule has 13 heavy (non-hydrogen) atoms. The van der Waals surface area contributed by atoms with Crippen molar-refractivity contribution in [3.8, 4) is 5.75 Å². The van der Waals surface area contributed by atoms with E-state index in [1.807, 2.05) is 0 Å². The summed E-state index contributed by atoms with van der Waals surface area (Å²) in [5, 5.41) is 0. The summed E-state index contributed by atoms with van der Waals surface area (Å²) in [5.41, 5.74) is 0.636. The Labute approximate surface area is 81.6 Å². The molecule has 0 saturated carbocycles. The number of benzene rings is 1. The van der Waals surface area contributed by atoms with Gasteiger partial charge in [-0.1, -0.05) is 15.9 Å². The number of aryl methyl sites for hydroxylation is 1. The molecule has 0 aliphatic rings. The molecule has 0 atom stereocenters. The molecule has 1 rings (SSSR count). The first-order valence-corrected chi connectivity index (χ1v) is 4.20. The van der Waals surface area contributed by atoms with Crippen LogP contribution in [0.2, 0.25) is 0 Å². The third-order valence-corrected chi connectivity index (χ3v) is 2.28. The molecule has 0 fully saturated rings. The lowest BCUT2D eigenvalue weighted by atomic mass is 10.2. The zero-order valence-corrected chi connectivity index (χ0v) is 8.24. The Balaban J connectivity index is 3.01. The molecule has 0 amide bonds. The largest absolute Gasteiger partial charge is 0.432 e. The average Bonchev–Trinajstić information content (AvgIpc) is 1.99. The maximum atomic E-state index is 12.9. The molecule has 5 heteroatoms. The van der Waals surface area contributed by atoms with E-state index in [0.29, 0.717) is 10.0 Å². The second kappa shape index (κ2) is 4.00. The van der Waals surface area contributed by atoms with Gasteiger partial charge < -0.3 is 4.74 Å². The topological polar surface area (TPSA) is 9.23 Å². The summed E-state index contributed by atoms with van der Waals surface area (Å²) in [6, 6.07) is 2.30. The molecule has 0 N–H and O–H groups in total. The lowest BCUT2D eigenvalue weighted by molar-refractivity contribution is -0.0522. The molecule has 0 spiro atoms. The van der Waals surface area contributed by atoms with Crippen molar-refractivity contribution in [3.05, 3.63) is 28.0 Å². The standard InChI is InChI=1S/C8H6BrF3O/c1-4-2-7(13-8(11)12)6(10)3-5(4)9/h2-3,8H,1H3. The Hall–Kier alpha value is -0.710. The molecular formula is C8H6BrF3O. The van der Waals surface area contributed by atoms with Gasteiger partial charge in [0.15, 0.2) is 11.6 Å². The molecule has 0 aliphatic heterocycles. The van der Waals surface area contributed by atoms with Crippen LogP contribution < -0.4 is 4.74 Å². The Morgan fingerprint density at radius 3 is 2.54 bits per heavy atom. The summed E-state index contributed by atoms with van der Waals surface area (Å²) < 4.78 is 40.8. The van der Waals surface area contributed by atoms with Crippen LogP contribution >= 0.6 is 15.9 Å². The number of hydrogen-bond acceptors (Lipinski definition) is 1. The third kappa shape index (κ3) is 2.62. The van der Waals surface area contributed by atoms with E-state index in [0.717, 1.165) is 6.07 Å². The van der Waals surface area contributed by atoms with Crippen molar-refractivity contribution < 1.29 is 17.9 Å². The fourth-order valence-corrected chi connectivity index (χ4v) is 1.13. The maximum Gasteiger partial charge on any atom is 0.387 e. The van der Waals surface area contributed by atoms with Crippen LogP contribution in [0.25, 0.3) is 0 Å². The summed E-state index contributed by atoms with van der Waals surface area (Å²) in [6.45, 7) is -1.35. The van der Waals surface area contributed by atoms with Crippen LogP contribution in [0.1, 0.15) is 5.56 Å². The second-order valence-corrected chi connectivity index (χ2v) is 3.26. The lowest BCUT2D eigenvalue weighted by Gasteiger charge is -2.07. The molecule has 0 aromatic heterocycles. The van der Waals surface area contributed by atoms with E-state index < -0.39 is 18.2 Å². The van der Waals surface area contributed by atoms with E-state index in [1.54, 1.807) is 6.92 Å². The molecule has 0 heterocycles. The fourth-order valence-electron chi connectivity index (χ4n) is 0.817. The smallest absolute Gasteiger partial charge is 0.387 e. The van der Waals surface area contributed by atoms with Gasteiger partial charge in [-0.3, -0.25) is 0 Å². The first-order chi connectivity index (χ1) is 6.00. The van der Waals surface area contributed by atoms with Crippen LogP contribution in [0.3, 0.4) is 0 Å². The highest BCUT2D eigenvalue weighted by Crippen LogP contribution is 2.26. The van der Waals surface area contributed by atoms with E-state index in [4.69, 9.17) is 0 Å². The summed E-state index contributed by atoms with van der Waals surface area (Å²) in [5.74, 6) is -1.24. The van der Waals surface area contributed by atoms with Crippen LogP contribution in [0, 0.1) is 12.7 Å². The van der Waals surface area contributed by atoms with Crippen LogP contribution in [0.5, 0.6) is 5.75 Å². The average molecular weight is 255 g/mol. The third-order valence-electron chi connectivity index (χ3n) is 1.43. The Morgan fingerprint density at radius 1 is 1.38 bits per heavy atom. The van der Waals surface area contributed by atoms with Crippen molar-refractivity contribution in [2.45, 2.75) is 13.5 Å². The van der Waals surface area contributed by atoms with Crippen molar-refractivity contribution in [1.29, 1.82) is 0 Å². The highest BCUT2D eigenvalue weighted by molar-refractivity contribution is 9.10. The van der Waals surface area contributed by atoms with Gasteiger partial charge in [-0.15, -0.1) is 0 Å². The minimum Gasteiger partial charge on any atom is -0.432 e. The minimum absolute atomic E-state index is 0.435. The normalized spacial score (nSPS) is 10.6. The van der Waals surface area contributed by atoms with Crippen molar-refractivity contribution in [2.75, 3.05) is 0 Å². The van der Waals surface area contributed by atoms with Crippen molar-refractivity contribution >= 4 is 15.9 Å². The highest BCUT2D eigenvalue weighted by Gasteiger charge is 2.11. The minimum atomic E-state index is -3.00. The van der Waals surface area contributed by atoms with E-state index in [9.17, 15) is 13.2 Å². The molecular weight excluding hydrogens is 249 g/mol. The predicted molar refractivity (Wildman–Crippen MR) is 45.5 cm³/mol. The highest BCUT2D eigenvalue weighted by atomic mass is 79.9. The number of hydrogen-bond donors (Lipinski definition) is 0. The Bertz CT molecular complexity index is 315. The number of alkyl halides is 2. The summed E-state index contributed by atoms with van der Waals surface area (Å²) in [6.07, 6.45) is 0. The lowest BCUT2D eigenvalue weighted by Crippen LogP contribution is -2.04. The molecule has 1 aromatic carbocycles. The quantitative estimate of drug-likeness (QED) is 0.785. The molecule has 0 aliphatic carbocycles. The van der Waals surface area contributed by atoms with Gasteiger partial charge in [0.05, 0.1) is 0 Å². The molecule has 72 valence electrons. The first kappa shape index (κ1) is 10.4. The van der Waals surface area contributed by atoms with Gasteiger partial charge in [0.25, 0.3) is 0 Å². The van der Waals surface area contributed by atoms with Gasteiger partial charge in [-0.25, -0.2) is 4.39 Å². The van der Waals surface area contributed by atoms with Crippen molar-refractivity contribution in [3.63, 3.8) is 0 Å². The van der Waals surface area contributed by atoms with Gasteiger partial charge in [-0.05, 0) is 24.6 Å². The van der Waals surface area contributed by atoms with Gasteiger partial charge >= 0.3 is 6.61 Å². The van der Waals surface area contributed by atoms with Gasteiger partial charge in [0, 0.05) is 4.47 Å². The zero-order valence-electron chi connectivity index (χ0n) is 6.65. The summed E-state index contributed by atoms with van der Waals surface area (Å²) in [4.78, 5) is 0. The van der Waals surface area contributed by atoms with E-state index in [2.05, 4.69) is 20.7 Å². The summed E-state index contributed by atoms with van der Waals surface area (Å²) in [7, 11) is 0. The molecule has 1 nitrogen and oxygen atoms in total. The van der Waals surface area contributed by atoms with E-state index in [1.165, 1.54) is 6.07 Å². The second-order valence-electron chi connectivity index (χ2n) is 2.41. The molecule has 0 unspecified atom stereocenters. The van der Waals surface area contributed by atoms with Gasteiger partial charge in [-0.2, -0.15) is 8.78 Å². The summed E-state index contributed by atoms with van der Waals surface area (Å²) >= 11 is 3.06. The SMILES string of the molecule is Cc1cc(OC(F)F)c(F)cc1Br. The van der Waals surface area contributed by atoms with Crippen molar-refractivity contribution in [2.24, 2.45) is 0 Å². The number of halogens is 4. The molecule has 0 bridgehead atoms. The monoisotopic (exact) mass is 254 g/mol. The van der Waals surface area contributed by atoms with E-state index >= 15 is 0 Å². The van der Waals surface area contributed by atoms with Gasteiger partial charge in [0.2, 0.25) is 0 Å². The Morgan fingerprint density at radius 2 is 2.00 bits per heavy atom. The van der Waals surface area contributed by atoms with Gasteiger partial charge in [0.1, 0.15) is 0 Å². The van der Waals surface area contributed by atoms with Crippen LogP contribution in [-0.2, 0) is 0 Å². The van der Waals surface area contributed by atoms with Crippen LogP contribution in [-0.4, -0.2) is 6.61 Å². The number of rotatable bonds is 2. The first-order valence-electron chi connectivity index (χ1n) is 3.41. The van der Waals surface area contributed by atoms with Crippen molar-refractivity contribution in [1.82, 2.24) is 0 Å². The molecule has 0 radical (unpaired) electrons. The van der Waals surface area contributed by atoms with Crippen LogP contribution in [0.15, 0.2) is 16.6 Å². The Kier molecular flexibility index (Phi) is 3.19. The molecule has 1 aromatic rings. The molecule has 0 saturated heterocycles.